The van der Waals surface area contributed by atoms with Gasteiger partial charge in [-0.05, 0) is 18.0 Å². The third-order valence-corrected chi connectivity index (χ3v) is 4.00. The summed E-state index contributed by atoms with van der Waals surface area (Å²) in [5.41, 5.74) is -1.21. The molecule has 9 heteroatoms. The molecular formula is C14H11F3N4OS. The highest BCUT2D eigenvalue weighted by Gasteiger charge is 2.34. The van der Waals surface area contributed by atoms with Gasteiger partial charge in [0.1, 0.15) is 0 Å². The third-order valence-electron chi connectivity index (χ3n) is 3.15. The van der Waals surface area contributed by atoms with Crippen LogP contribution in [0.4, 0.5) is 13.2 Å². The summed E-state index contributed by atoms with van der Waals surface area (Å²) in [6, 6.07) is 5.06. The fourth-order valence-electron chi connectivity index (χ4n) is 2.22. The maximum Gasteiger partial charge on any atom is 0.417 e. The Balaban J connectivity index is 2.36. The van der Waals surface area contributed by atoms with E-state index in [2.05, 4.69) is 15.0 Å². The maximum atomic E-state index is 13.3. The molecule has 0 aliphatic heterocycles. The molecule has 120 valence electrons. The van der Waals surface area contributed by atoms with Crippen molar-refractivity contribution >= 4 is 23.1 Å². The average molecular weight is 340 g/mol. The predicted octanol–water partition coefficient (Wildman–Crippen LogP) is 3.32. The highest BCUT2D eigenvalue weighted by Crippen LogP contribution is 2.36. The fourth-order valence-corrected chi connectivity index (χ4v) is 2.94. The SMILES string of the molecule is CCSn1c(-c2ccccc2C(F)(F)F)nc2[nH]cnc2c1=O. The highest BCUT2D eigenvalue weighted by atomic mass is 32.2. The summed E-state index contributed by atoms with van der Waals surface area (Å²) in [6.45, 7) is 1.80. The zero-order chi connectivity index (χ0) is 16.6. The van der Waals surface area contributed by atoms with Gasteiger partial charge in [-0.3, -0.25) is 4.79 Å². The molecule has 0 aliphatic carbocycles. The largest absolute Gasteiger partial charge is 0.417 e. The molecule has 2 aromatic heterocycles. The minimum Gasteiger partial charge on any atom is -0.329 e. The van der Waals surface area contributed by atoms with Crippen LogP contribution in [0.3, 0.4) is 0 Å². The van der Waals surface area contributed by atoms with Crippen LogP contribution in [0.5, 0.6) is 0 Å². The Morgan fingerprint density at radius 3 is 2.74 bits per heavy atom. The predicted molar refractivity (Wildman–Crippen MR) is 82.1 cm³/mol. The smallest absolute Gasteiger partial charge is 0.329 e. The summed E-state index contributed by atoms with van der Waals surface area (Å²) < 4.78 is 41.0. The molecule has 0 unspecified atom stereocenters. The van der Waals surface area contributed by atoms with Crippen molar-refractivity contribution in [3.8, 4) is 11.4 Å². The van der Waals surface area contributed by atoms with E-state index in [9.17, 15) is 18.0 Å². The van der Waals surface area contributed by atoms with Gasteiger partial charge in [-0.25, -0.2) is 13.9 Å². The molecule has 23 heavy (non-hydrogen) atoms. The normalized spacial score (nSPS) is 12.0. The summed E-state index contributed by atoms with van der Waals surface area (Å²) in [5, 5.41) is 0. The summed E-state index contributed by atoms with van der Waals surface area (Å²) in [5.74, 6) is 0.449. The third kappa shape index (κ3) is 2.72. The molecule has 0 saturated carbocycles. The lowest BCUT2D eigenvalue weighted by molar-refractivity contribution is -0.137. The molecule has 0 bridgehead atoms. The van der Waals surface area contributed by atoms with Gasteiger partial charge in [-0.2, -0.15) is 13.2 Å². The molecule has 1 N–H and O–H groups in total. The van der Waals surface area contributed by atoms with E-state index in [1.165, 1.54) is 24.5 Å². The fraction of sp³-hybridized carbons (Fsp3) is 0.214. The van der Waals surface area contributed by atoms with Gasteiger partial charge in [0, 0.05) is 11.3 Å². The van der Waals surface area contributed by atoms with Crippen LogP contribution in [0.15, 0.2) is 35.4 Å². The van der Waals surface area contributed by atoms with Crippen molar-refractivity contribution in [3.05, 3.63) is 46.5 Å². The zero-order valence-corrected chi connectivity index (χ0v) is 12.7. The molecule has 0 aliphatic rings. The first-order chi connectivity index (χ1) is 10.9. The van der Waals surface area contributed by atoms with Crippen LogP contribution < -0.4 is 5.56 Å². The summed E-state index contributed by atoms with van der Waals surface area (Å²) >= 11 is 1.08. The Bertz CT molecular complexity index is 916. The number of halogens is 3. The number of hydrogen-bond acceptors (Lipinski definition) is 4. The minimum atomic E-state index is -4.54. The van der Waals surface area contributed by atoms with E-state index in [0.717, 1.165) is 22.0 Å². The lowest BCUT2D eigenvalue weighted by Gasteiger charge is -2.15. The van der Waals surface area contributed by atoms with Crippen molar-refractivity contribution in [2.45, 2.75) is 13.1 Å². The van der Waals surface area contributed by atoms with Crippen molar-refractivity contribution in [2.24, 2.45) is 0 Å². The van der Waals surface area contributed by atoms with Crippen molar-refractivity contribution in [3.63, 3.8) is 0 Å². The zero-order valence-electron chi connectivity index (χ0n) is 11.9. The van der Waals surface area contributed by atoms with E-state index in [1.54, 1.807) is 6.92 Å². The molecule has 0 amide bonds. The topological polar surface area (TPSA) is 63.6 Å². The number of aromatic nitrogens is 4. The second kappa shape index (κ2) is 5.73. The second-order valence-corrected chi connectivity index (χ2v) is 5.80. The molecule has 1 aromatic carbocycles. The number of hydrogen-bond donors (Lipinski definition) is 1. The van der Waals surface area contributed by atoms with Gasteiger partial charge < -0.3 is 4.98 Å². The maximum absolute atomic E-state index is 13.3. The Kier molecular flexibility index (Phi) is 3.88. The first-order valence-corrected chi connectivity index (χ1v) is 7.63. The molecule has 3 rings (SSSR count). The monoisotopic (exact) mass is 340 g/mol. The number of aromatic amines is 1. The standard InChI is InChI=1S/C14H11F3N4OS/c1-2-23-21-12(20-11-10(13(21)22)18-7-19-11)8-5-3-4-6-9(8)14(15,16)17/h3-7H,2H2,1H3,(H,18,19). The first kappa shape index (κ1) is 15.6. The van der Waals surface area contributed by atoms with Gasteiger partial charge in [0.15, 0.2) is 17.0 Å². The van der Waals surface area contributed by atoms with E-state index >= 15 is 0 Å². The van der Waals surface area contributed by atoms with Crippen LogP contribution in [-0.4, -0.2) is 24.7 Å². The molecule has 0 spiro atoms. The molecule has 0 atom stereocenters. The van der Waals surface area contributed by atoms with E-state index in [-0.39, 0.29) is 22.6 Å². The lowest BCUT2D eigenvalue weighted by Crippen LogP contribution is -2.20. The quantitative estimate of drug-likeness (QED) is 0.794. The lowest BCUT2D eigenvalue weighted by atomic mass is 10.1. The summed E-state index contributed by atoms with van der Waals surface area (Å²) in [4.78, 5) is 23.2. The van der Waals surface area contributed by atoms with E-state index in [4.69, 9.17) is 0 Å². The Hall–Kier alpha value is -2.29. The van der Waals surface area contributed by atoms with Crippen molar-refractivity contribution < 1.29 is 13.2 Å². The summed E-state index contributed by atoms with van der Waals surface area (Å²) in [7, 11) is 0. The highest BCUT2D eigenvalue weighted by molar-refractivity contribution is 7.97. The number of H-pyrrole nitrogens is 1. The van der Waals surface area contributed by atoms with Crippen LogP contribution in [0.2, 0.25) is 0 Å². The van der Waals surface area contributed by atoms with Crippen molar-refractivity contribution in [2.75, 3.05) is 5.75 Å². The summed E-state index contributed by atoms with van der Waals surface area (Å²) in [6.07, 6.45) is -3.25. The molecule has 0 radical (unpaired) electrons. The van der Waals surface area contributed by atoms with E-state index < -0.39 is 17.3 Å². The first-order valence-electron chi connectivity index (χ1n) is 6.69. The Morgan fingerprint density at radius 1 is 1.30 bits per heavy atom. The van der Waals surface area contributed by atoms with E-state index in [1.807, 2.05) is 0 Å². The van der Waals surface area contributed by atoms with Crippen LogP contribution >= 0.6 is 11.9 Å². The number of rotatable bonds is 3. The van der Waals surface area contributed by atoms with Crippen LogP contribution in [0, 0.1) is 0 Å². The van der Waals surface area contributed by atoms with Gasteiger partial charge in [0.25, 0.3) is 5.56 Å². The van der Waals surface area contributed by atoms with Crippen LogP contribution in [0.25, 0.3) is 22.6 Å². The van der Waals surface area contributed by atoms with Crippen molar-refractivity contribution in [1.82, 2.24) is 18.9 Å². The van der Waals surface area contributed by atoms with Gasteiger partial charge in [-0.15, -0.1) is 0 Å². The number of nitrogens with zero attached hydrogens (tertiary/aromatic N) is 3. The molecule has 2 heterocycles. The Morgan fingerprint density at radius 2 is 2.04 bits per heavy atom. The van der Waals surface area contributed by atoms with E-state index in [0.29, 0.717) is 5.75 Å². The van der Waals surface area contributed by atoms with Crippen molar-refractivity contribution in [1.29, 1.82) is 0 Å². The number of alkyl halides is 3. The van der Waals surface area contributed by atoms with Gasteiger partial charge in [0.05, 0.1) is 11.9 Å². The Labute approximate surface area is 132 Å². The number of imidazole rings is 1. The molecule has 5 nitrogen and oxygen atoms in total. The molecular weight excluding hydrogens is 329 g/mol. The second-order valence-electron chi connectivity index (χ2n) is 4.60. The molecule has 0 saturated heterocycles. The number of fused-ring (bicyclic) bond motifs is 1. The molecule has 3 aromatic rings. The minimum absolute atomic E-state index is 0.0495. The average Bonchev–Trinajstić information content (AvgIpc) is 2.98. The van der Waals surface area contributed by atoms with Gasteiger partial charge in [0.2, 0.25) is 0 Å². The number of nitrogens with one attached hydrogen (secondary N) is 1. The van der Waals surface area contributed by atoms with Crippen LogP contribution in [0.1, 0.15) is 12.5 Å². The molecule has 0 fully saturated rings. The number of benzene rings is 1. The van der Waals surface area contributed by atoms with Gasteiger partial charge in [-0.1, -0.05) is 25.1 Å². The van der Waals surface area contributed by atoms with Gasteiger partial charge >= 0.3 is 6.18 Å². The van der Waals surface area contributed by atoms with Crippen LogP contribution in [-0.2, 0) is 6.18 Å².